The van der Waals surface area contributed by atoms with E-state index >= 15 is 0 Å². The average molecular weight is 263 g/mol. The van der Waals surface area contributed by atoms with Gasteiger partial charge in [0.2, 0.25) is 0 Å². The van der Waals surface area contributed by atoms with Gasteiger partial charge in [0.25, 0.3) is 0 Å². The van der Waals surface area contributed by atoms with Gasteiger partial charge in [0.1, 0.15) is 0 Å². The summed E-state index contributed by atoms with van der Waals surface area (Å²) in [4.78, 5) is 0. The summed E-state index contributed by atoms with van der Waals surface area (Å²) in [7, 11) is 2.10. The van der Waals surface area contributed by atoms with Crippen molar-refractivity contribution in [2.45, 2.75) is 70.9 Å². The third kappa shape index (κ3) is 3.59. The maximum absolute atomic E-state index is 4.79. The van der Waals surface area contributed by atoms with Crippen molar-refractivity contribution in [3.8, 4) is 0 Å². The first-order valence-corrected chi connectivity index (χ1v) is 7.99. The van der Waals surface area contributed by atoms with Crippen LogP contribution in [-0.4, -0.2) is 22.9 Å². The topological polar surface area (TPSA) is 29.9 Å². The minimum Gasteiger partial charge on any atom is -0.316 e. The first-order valence-electron chi connectivity index (χ1n) is 7.99. The van der Waals surface area contributed by atoms with Gasteiger partial charge < -0.3 is 5.32 Å². The van der Waals surface area contributed by atoms with Crippen molar-refractivity contribution >= 4 is 0 Å². The molecule has 0 bridgehead atoms. The van der Waals surface area contributed by atoms with Crippen molar-refractivity contribution in [1.29, 1.82) is 0 Å². The van der Waals surface area contributed by atoms with Crippen LogP contribution in [0.4, 0.5) is 0 Å². The molecule has 1 heterocycles. The lowest BCUT2D eigenvalue weighted by Gasteiger charge is -2.22. The zero-order valence-corrected chi connectivity index (χ0v) is 12.7. The summed E-state index contributed by atoms with van der Waals surface area (Å²) in [5.41, 5.74) is 1.25. The summed E-state index contributed by atoms with van der Waals surface area (Å²) in [6.07, 6.45) is 11.2. The number of hydrogen-bond acceptors (Lipinski definition) is 2. The summed E-state index contributed by atoms with van der Waals surface area (Å²) in [5.74, 6) is 0.850. The molecular weight excluding hydrogens is 234 g/mol. The average Bonchev–Trinajstić information content (AvgIpc) is 3.09. The Kier molecular flexibility index (Phi) is 5.44. The van der Waals surface area contributed by atoms with Crippen molar-refractivity contribution in [1.82, 2.24) is 15.1 Å². The molecule has 3 heteroatoms. The van der Waals surface area contributed by atoms with Crippen molar-refractivity contribution in [3.63, 3.8) is 0 Å². The van der Waals surface area contributed by atoms with Gasteiger partial charge in [-0.1, -0.05) is 26.7 Å². The Labute approximate surface area is 117 Å². The molecule has 0 aromatic carbocycles. The first-order chi connectivity index (χ1) is 9.28. The molecule has 0 aliphatic heterocycles. The Morgan fingerprint density at radius 2 is 2.00 bits per heavy atom. The predicted molar refractivity (Wildman–Crippen MR) is 80.4 cm³/mol. The Balaban J connectivity index is 1.97. The van der Waals surface area contributed by atoms with Crippen molar-refractivity contribution in [2.24, 2.45) is 5.92 Å². The summed E-state index contributed by atoms with van der Waals surface area (Å²) < 4.78 is 2.16. The van der Waals surface area contributed by atoms with Crippen molar-refractivity contribution in [3.05, 3.63) is 18.0 Å². The molecule has 1 unspecified atom stereocenters. The highest BCUT2D eigenvalue weighted by molar-refractivity contribution is 5.03. The third-order valence-electron chi connectivity index (χ3n) is 4.75. The van der Waals surface area contributed by atoms with E-state index in [9.17, 15) is 0 Å². The van der Waals surface area contributed by atoms with Crippen LogP contribution >= 0.6 is 0 Å². The lowest BCUT2D eigenvalue weighted by Crippen LogP contribution is -2.34. The van der Waals surface area contributed by atoms with Crippen molar-refractivity contribution < 1.29 is 0 Å². The van der Waals surface area contributed by atoms with Gasteiger partial charge in [0, 0.05) is 18.7 Å². The molecule has 3 nitrogen and oxygen atoms in total. The fourth-order valence-corrected chi connectivity index (χ4v) is 3.44. The van der Waals surface area contributed by atoms with Gasteiger partial charge in [-0.2, -0.15) is 5.10 Å². The maximum Gasteiger partial charge on any atom is 0.0640 e. The number of nitrogens with zero attached hydrogens (tertiary/aromatic N) is 2. The van der Waals surface area contributed by atoms with Crippen LogP contribution in [-0.2, 0) is 6.42 Å². The Morgan fingerprint density at radius 3 is 2.58 bits per heavy atom. The zero-order valence-electron chi connectivity index (χ0n) is 12.7. The SMILES string of the molecule is CCC(CC)n1ccc(CC(NC)C2CCCC2)n1. The number of nitrogens with one attached hydrogen (secondary N) is 1. The smallest absolute Gasteiger partial charge is 0.0640 e. The monoisotopic (exact) mass is 263 g/mol. The first kappa shape index (κ1) is 14.6. The molecule has 0 saturated heterocycles. The minimum absolute atomic E-state index is 0.563. The minimum atomic E-state index is 0.563. The maximum atomic E-state index is 4.79. The molecule has 0 spiro atoms. The molecule has 0 amide bonds. The molecule has 1 aromatic rings. The molecule has 0 radical (unpaired) electrons. The molecule has 19 heavy (non-hydrogen) atoms. The van der Waals surface area contributed by atoms with E-state index in [-0.39, 0.29) is 0 Å². The molecule has 108 valence electrons. The van der Waals surface area contributed by atoms with E-state index in [1.165, 1.54) is 31.4 Å². The number of rotatable bonds is 7. The van der Waals surface area contributed by atoms with Gasteiger partial charge in [-0.05, 0) is 44.7 Å². The Bertz CT molecular complexity index is 362. The van der Waals surface area contributed by atoms with Gasteiger partial charge in [0.15, 0.2) is 0 Å². The largest absolute Gasteiger partial charge is 0.316 e. The molecule has 1 saturated carbocycles. The second-order valence-electron chi connectivity index (χ2n) is 5.90. The lowest BCUT2D eigenvalue weighted by atomic mass is 9.94. The third-order valence-corrected chi connectivity index (χ3v) is 4.75. The molecule has 1 aliphatic carbocycles. The summed E-state index contributed by atoms with van der Waals surface area (Å²) >= 11 is 0. The molecule has 1 aromatic heterocycles. The highest BCUT2D eigenvalue weighted by Gasteiger charge is 2.24. The van der Waals surface area contributed by atoms with Crippen LogP contribution in [0, 0.1) is 5.92 Å². The summed E-state index contributed by atoms with van der Waals surface area (Å²) in [5, 5.41) is 8.30. The molecule has 2 rings (SSSR count). The van der Waals surface area contributed by atoms with Crippen LogP contribution in [0.2, 0.25) is 0 Å². The quantitative estimate of drug-likeness (QED) is 0.815. The summed E-state index contributed by atoms with van der Waals surface area (Å²) in [6.45, 7) is 4.48. The summed E-state index contributed by atoms with van der Waals surface area (Å²) in [6, 6.07) is 3.37. The van der Waals surface area contributed by atoms with Crippen molar-refractivity contribution in [2.75, 3.05) is 7.05 Å². The van der Waals surface area contributed by atoms with Crippen LogP contribution in [0.15, 0.2) is 12.3 Å². The fourth-order valence-electron chi connectivity index (χ4n) is 3.44. The zero-order chi connectivity index (χ0) is 13.7. The second kappa shape index (κ2) is 7.09. The van der Waals surface area contributed by atoms with E-state index in [1.54, 1.807) is 0 Å². The molecule has 1 fully saturated rings. The van der Waals surface area contributed by atoms with Gasteiger partial charge in [-0.15, -0.1) is 0 Å². The standard InChI is InChI=1S/C16H29N3/c1-4-15(5-2)19-11-10-14(18-19)12-16(17-3)13-8-6-7-9-13/h10-11,13,15-17H,4-9,12H2,1-3H3. The number of likely N-dealkylation sites (N-methyl/N-ethyl adjacent to an activating group) is 1. The Morgan fingerprint density at radius 1 is 1.32 bits per heavy atom. The van der Waals surface area contributed by atoms with Crippen LogP contribution in [0.3, 0.4) is 0 Å². The number of hydrogen-bond donors (Lipinski definition) is 1. The van der Waals surface area contributed by atoms with Gasteiger partial charge >= 0.3 is 0 Å². The van der Waals surface area contributed by atoms with E-state index in [2.05, 4.69) is 43.2 Å². The highest BCUT2D eigenvalue weighted by Crippen LogP contribution is 2.29. The van der Waals surface area contributed by atoms with E-state index in [4.69, 9.17) is 5.10 Å². The van der Waals surface area contributed by atoms with E-state index < -0.39 is 0 Å². The normalized spacial score (nSPS) is 18.3. The van der Waals surface area contributed by atoms with Gasteiger partial charge in [0.05, 0.1) is 11.7 Å². The second-order valence-corrected chi connectivity index (χ2v) is 5.90. The predicted octanol–water partition coefficient (Wildman–Crippen LogP) is 3.56. The molecule has 1 atom stereocenters. The highest BCUT2D eigenvalue weighted by atomic mass is 15.3. The molecular formula is C16H29N3. The van der Waals surface area contributed by atoms with E-state index in [0.29, 0.717) is 12.1 Å². The Hall–Kier alpha value is -0.830. The lowest BCUT2D eigenvalue weighted by molar-refractivity contribution is 0.369. The van der Waals surface area contributed by atoms with E-state index in [0.717, 1.165) is 25.2 Å². The number of aromatic nitrogens is 2. The molecule has 1 N–H and O–H groups in total. The fraction of sp³-hybridized carbons (Fsp3) is 0.812. The van der Waals surface area contributed by atoms with E-state index in [1.807, 2.05) is 0 Å². The van der Waals surface area contributed by atoms with Crippen LogP contribution in [0.5, 0.6) is 0 Å². The molecule has 1 aliphatic rings. The van der Waals surface area contributed by atoms with Gasteiger partial charge in [-0.3, -0.25) is 4.68 Å². The van der Waals surface area contributed by atoms with Crippen LogP contribution in [0.25, 0.3) is 0 Å². The van der Waals surface area contributed by atoms with Crippen LogP contribution in [0.1, 0.15) is 64.1 Å². The van der Waals surface area contributed by atoms with Crippen LogP contribution < -0.4 is 5.32 Å². The van der Waals surface area contributed by atoms with Gasteiger partial charge in [-0.25, -0.2) is 0 Å².